The summed E-state index contributed by atoms with van der Waals surface area (Å²) < 4.78 is 6.83. The molecular weight excluding hydrogens is 244 g/mol. The standard InChI is InChI=1S/C13H18N4O2/c1-8-7-9(2)17(15-8)6-5-12(18)14-13-10(3)16-19-11(13)4/h7H,5-6H2,1-4H3,(H,14,18). The molecule has 2 heterocycles. The molecule has 0 aliphatic rings. The van der Waals surface area contributed by atoms with Crippen molar-refractivity contribution in [3.63, 3.8) is 0 Å². The summed E-state index contributed by atoms with van der Waals surface area (Å²) in [5.74, 6) is 0.555. The second kappa shape index (κ2) is 5.26. The van der Waals surface area contributed by atoms with E-state index in [2.05, 4.69) is 15.6 Å². The fourth-order valence-electron chi connectivity index (χ4n) is 1.97. The summed E-state index contributed by atoms with van der Waals surface area (Å²) in [4.78, 5) is 11.9. The molecule has 0 unspecified atom stereocenters. The van der Waals surface area contributed by atoms with E-state index in [9.17, 15) is 4.79 Å². The van der Waals surface area contributed by atoms with Crippen molar-refractivity contribution in [2.24, 2.45) is 0 Å². The van der Waals surface area contributed by atoms with Crippen LogP contribution in [0.5, 0.6) is 0 Å². The molecule has 0 atom stereocenters. The maximum Gasteiger partial charge on any atom is 0.226 e. The number of amides is 1. The lowest BCUT2D eigenvalue weighted by molar-refractivity contribution is -0.116. The van der Waals surface area contributed by atoms with Crippen molar-refractivity contribution < 1.29 is 9.32 Å². The van der Waals surface area contributed by atoms with Gasteiger partial charge in [-0.1, -0.05) is 5.16 Å². The van der Waals surface area contributed by atoms with Gasteiger partial charge in [0.25, 0.3) is 0 Å². The summed E-state index contributed by atoms with van der Waals surface area (Å²) in [5, 5.41) is 10.9. The molecule has 0 radical (unpaired) electrons. The molecule has 2 aromatic rings. The summed E-state index contributed by atoms with van der Waals surface area (Å²) in [6.07, 6.45) is 0.367. The van der Waals surface area contributed by atoms with Crippen molar-refractivity contribution in [1.29, 1.82) is 0 Å². The van der Waals surface area contributed by atoms with E-state index in [0.29, 0.717) is 30.1 Å². The van der Waals surface area contributed by atoms with E-state index < -0.39 is 0 Å². The highest BCUT2D eigenvalue weighted by molar-refractivity contribution is 5.91. The van der Waals surface area contributed by atoms with E-state index in [4.69, 9.17) is 4.52 Å². The summed E-state index contributed by atoms with van der Waals surface area (Å²) in [6.45, 7) is 8.05. The van der Waals surface area contributed by atoms with E-state index in [1.165, 1.54) is 0 Å². The second-order valence-electron chi connectivity index (χ2n) is 4.65. The minimum Gasteiger partial charge on any atom is -0.359 e. The van der Waals surface area contributed by atoms with Crippen molar-refractivity contribution in [3.05, 3.63) is 28.9 Å². The molecule has 19 heavy (non-hydrogen) atoms. The zero-order valence-electron chi connectivity index (χ0n) is 11.6. The minimum absolute atomic E-state index is 0.0676. The molecule has 6 heteroatoms. The Kier molecular flexibility index (Phi) is 3.69. The third-order valence-corrected chi connectivity index (χ3v) is 2.95. The number of hydrogen-bond donors (Lipinski definition) is 1. The molecule has 0 aliphatic heterocycles. The number of nitrogens with zero attached hydrogens (tertiary/aromatic N) is 3. The van der Waals surface area contributed by atoms with E-state index in [0.717, 1.165) is 11.4 Å². The van der Waals surface area contributed by atoms with E-state index in [1.807, 2.05) is 24.6 Å². The number of aryl methyl sites for hydroxylation is 5. The van der Waals surface area contributed by atoms with Gasteiger partial charge in [0.15, 0.2) is 5.76 Å². The average Bonchev–Trinajstić information content (AvgIpc) is 2.83. The third-order valence-electron chi connectivity index (χ3n) is 2.95. The first-order valence-corrected chi connectivity index (χ1v) is 6.21. The van der Waals surface area contributed by atoms with Crippen LogP contribution in [-0.4, -0.2) is 20.8 Å². The van der Waals surface area contributed by atoms with Crippen LogP contribution in [0.25, 0.3) is 0 Å². The first-order chi connectivity index (χ1) is 8.97. The van der Waals surface area contributed by atoms with Gasteiger partial charge in [-0.3, -0.25) is 9.48 Å². The van der Waals surface area contributed by atoms with Crippen molar-refractivity contribution in [1.82, 2.24) is 14.9 Å². The Morgan fingerprint density at radius 3 is 2.63 bits per heavy atom. The normalized spacial score (nSPS) is 10.7. The smallest absolute Gasteiger partial charge is 0.226 e. The lowest BCUT2D eigenvalue weighted by atomic mass is 10.3. The molecule has 0 bridgehead atoms. The first-order valence-electron chi connectivity index (χ1n) is 6.21. The van der Waals surface area contributed by atoms with Gasteiger partial charge in [0.05, 0.1) is 5.69 Å². The van der Waals surface area contributed by atoms with Gasteiger partial charge in [-0.25, -0.2) is 0 Å². The molecular formula is C13H18N4O2. The predicted octanol–water partition coefficient (Wildman–Crippen LogP) is 2.13. The van der Waals surface area contributed by atoms with E-state index in [1.54, 1.807) is 13.8 Å². The highest BCUT2D eigenvalue weighted by atomic mass is 16.5. The third kappa shape index (κ3) is 3.01. The van der Waals surface area contributed by atoms with Crippen LogP contribution in [0, 0.1) is 27.7 Å². The Morgan fingerprint density at radius 1 is 1.37 bits per heavy atom. The Hall–Kier alpha value is -2.11. The fraction of sp³-hybridized carbons (Fsp3) is 0.462. The van der Waals surface area contributed by atoms with Crippen LogP contribution in [0.15, 0.2) is 10.6 Å². The van der Waals surface area contributed by atoms with Crippen LogP contribution >= 0.6 is 0 Å². The fourth-order valence-corrected chi connectivity index (χ4v) is 1.97. The molecule has 0 saturated heterocycles. The number of rotatable bonds is 4. The van der Waals surface area contributed by atoms with Gasteiger partial charge in [0, 0.05) is 18.7 Å². The van der Waals surface area contributed by atoms with Crippen LogP contribution in [0.4, 0.5) is 5.69 Å². The van der Waals surface area contributed by atoms with Gasteiger partial charge in [-0.15, -0.1) is 0 Å². The topological polar surface area (TPSA) is 73.0 Å². The largest absolute Gasteiger partial charge is 0.359 e. The van der Waals surface area contributed by atoms with Crippen LogP contribution < -0.4 is 5.32 Å². The summed E-state index contributed by atoms with van der Waals surface area (Å²) in [6, 6.07) is 1.99. The highest BCUT2D eigenvalue weighted by Gasteiger charge is 2.12. The molecule has 102 valence electrons. The molecule has 1 amide bonds. The molecule has 0 saturated carbocycles. The number of nitrogens with one attached hydrogen (secondary N) is 1. The lowest BCUT2D eigenvalue weighted by Gasteiger charge is -2.06. The highest BCUT2D eigenvalue weighted by Crippen LogP contribution is 2.18. The predicted molar refractivity (Wildman–Crippen MR) is 70.9 cm³/mol. The van der Waals surface area contributed by atoms with Gasteiger partial charge < -0.3 is 9.84 Å². The van der Waals surface area contributed by atoms with Gasteiger partial charge >= 0.3 is 0 Å². The van der Waals surface area contributed by atoms with Gasteiger partial charge in [-0.2, -0.15) is 5.10 Å². The number of aromatic nitrogens is 3. The van der Waals surface area contributed by atoms with Crippen LogP contribution in [0.3, 0.4) is 0 Å². The maximum absolute atomic E-state index is 11.9. The zero-order valence-corrected chi connectivity index (χ0v) is 11.6. The Labute approximate surface area is 111 Å². The SMILES string of the molecule is Cc1cc(C)n(CCC(=O)Nc2c(C)noc2C)n1. The monoisotopic (exact) mass is 262 g/mol. The van der Waals surface area contributed by atoms with Crippen LogP contribution in [0.1, 0.15) is 29.3 Å². The number of carbonyl (C=O) groups excluding carboxylic acids is 1. The maximum atomic E-state index is 11.9. The van der Waals surface area contributed by atoms with E-state index in [-0.39, 0.29) is 5.91 Å². The van der Waals surface area contributed by atoms with Gasteiger partial charge in [0.2, 0.25) is 5.91 Å². The number of carbonyl (C=O) groups is 1. The van der Waals surface area contributed by atoms with Crippen molar-refractivity contribution >= 4 is 11.6 Å². The number of hydrogen-bond acceptors (Lipinski definition) is 4. The zero-order chi connectivity index (χ0) is 14.0. The Balaban J connectivity index is 1.94. The quantitative estimate of drug-likeness (QED) is 0.916. The molecule has 6 nitrogen and oxygen atoms in total. The average molecular weight is 262 g/mol. The Morgan fingerprint density at radius 2 is 2.11 bits per heavy atom. The molecule has 1 N–H and O–H groups in total. The minimum atomic E-state index is -0.0676. The van der Waals surface area contributed by atoms with Crippen molar-refractivity contribution in [2.45, 2.75) is 40.7 Å². The Bertz CT molecular complexity index is 578. The van der Waals surface area contributed by atoms with Gasteiger partial charge in [0.1, 0.15) is 11.4 Å². The molecule has 0 spiro atoms. The van der Waals surface area contributed by atoms with Gasteiger partial charge in [-0.05, 0) is 33.8 Å². The molecule has 2 rings (SSSR count). The molecule has 0 fully saturated rings. The summed E-state index contributed by atoms with van der Waals surface area (Å²) in [5.41, 5.74) is 3.38. The van der Waals surface area contributed by atoms with Crippen molar-refractivity contribution in [3.8, 4) is 0 Å². The van der Waals surface area contributed by atoms with Crippen LogP contribution in [-0.2, 0) is 11.3 Å². The lowest BCUT2D eigenvalue weighted by Crippen LogP contribution is -2.16. The number of anilines is 1. The molecule has 2 aromatic heterocycles. The van der Waals surface area contributed by atoms with E-state index >= 15 is 0 Å². The second-order valence-corrected chi connectivity index (χ2v) is 4.65. The summed E-state index contributed by atoms with van der Waals surface area (Å²) in [7, 11) is 0. The molecule has 0 aliphatic carbocycles. The first kappa shape index (κ1) is 13.3. The summed E-state index contributed by atoms with van der Waals surface area (Å²) >= 11 is 0. The molecule has 0 aromatic carbocycles. The van der Waals surface area contributed by atoms with Crippen molar-refractivity contribution in [2.75, 3.05) is 5.32 Å². The van der Waals surface area contributed by atoms with Crippen LogP contribution in [0.2, 0.25) is 0 Å².